The number of nitrogens with zero attached hydrogens (tertiary/aromatic N) is 7. The summed E-state index contributed by atoms with van der Waals surface area (Å²) in [4.78, 5) is 35.1. The van der Waals surface area contributed by atoms with E-state index in [2.05, 4.69) is 25.4 Å². The molecule has 4 heterocycles. The molecule has 0 radical (unpaired) electrons. The number of alkyl halides is 2. The van der Waals surface area contributed by atoms with Crippen molar-refractivity contribution in [3.8, 4) is 17.0 Å². The van der Waals surface area contributed by atoms with E-state index in [0.29, 0.717) is 35.3 Å². The van der Waals surface area contributed by atoms with Crippen molar-refractivity contribution < 1.29 is 23.1 Å². The zero-order valence-corrected chi connectivity index (χ0v) is 27.8. The molecule has 6 rings (SSSR count). The van der Waals surface area contributed by atoms with Crippen LogP contribution in [0.15, 0.2) is 67.3 Å². The van der Waals surface area contributed by atoms with Gasteiger partial charge in [0.2, 0.25) is 5.91 Å². The molecule has 1 saturated heterocycles. The maximum atomic E-state index is 13.5. The molecule has 1 fully saturated rings. The van der Waals surface area contributed by atoms with Gasteiger partial charge in [-0.15, -0.1) is 0 Å². The molecule has 0 bridgehead atoms. The lowest BCUT2D eigenvalue weighted by Crippen LogP contribution is -2.46. The van der Waals surface area contributed by atoms with E-state index >= 15 is 0 Å². The summed E-state index contributed by atoms with van der Waals surface area (Å²) in [6.45, 7) is -1.52. The van der Waals surface area contributed by atoms with E-state index in [1.807, 2.05) is 19.2 Å². The van der Waals surface area contributed by atoms with Gasteiger partial charge in [-0.05, 0) is 61.9 Å². The van der Waals surface area contributed by atoms with Gasteiger partial charge in [0.1, 0.15) is 23.6 Å². The summed E-state index contributed by atoms with van der Waals surface area (Å²) in [6, 6.07) is 11.6. The minimum absolute atomic E-state index is 0.0846. The summed E-state index contributed by atoms with van der Waals surface area (Å²) < 4.78 is 34.2. The molecule has 2 amide bonds. The third-order valence-electron chi connectivity index (χ3n) is 8.10. The number of fused-ring (bicyclic) bond motifs is 1. The molecule has 11 nitrogen and oxygen atoms in total. The smallest absolute Gasteiger partial charge is 0.387 e. The van der Waals surface area contributed by atoms with Crippen molar-refractivity contribution in [1.29, 1.82) is 0 Å². The van der Waals surface area contributed by atoms with Gasteiger partial charge in [-0.25, -0.2) is 9.50 Å². The molecule has 1 N–H and O–H groups in total. The number of rotatable bonds is 10. The number of halogens is 5. The van der Waals surface area contributed by atoms with Crippen LogP contribution in [0.1, 0.15) is 28.8 Å². The molecule has 1 aliphatic heterocycles. The van der Waals surface area contributed by atoms with Gasteiger partial charge in [0.05, 0.1) is 21.9 Å². The predicted octanol–water partition coefficient (Wildman–Crippen LogP) is 6.53. The SMILES string of the molecule is CN(Cc1ccc(Cl)c(Cl)c1)C1CCN(C(=O)Cn2cc(NC(=O)c3cnn4cccnc34)c(-c3cc(Cl)ccc3OC(F)F)n2)CC1. The summed E-state index contributed by atoms with van der Waals surface area (Å²) in [7, 11) is 2.04. The fourth-order valence-corrected chi connectivity index (χ4v) is 6.20. The van der Waals surface area contributed by atoms with Crippen molar-refractivity contribution in [2.75, 3.05) is 25.5 Å². The Morgan fingerprint density at radius 1 is 1.10 bits per heavy atom. The quantitative estimate of drug-likeness (QED) is 0.175. The highest BCUT2D eigenvalue weighted by molar-refractivity contribution is 6.42. The molecule has 2 aromatic carbocycles. The Hall–Kier alpha value is -4.30. The largest absolute Gasteiger partial charge is 0.434 e. The zero-order chi connectivity index (χ0) is 33.9. The molecule has 5 aromatic rings. The second-order valence-corrected chi connectivity index (χ2v) is 12.5. The van der Waals surface area contributed by atoms with Crippen LogP contribution in [0, 0.1) is 0 Å². The van der Waals surface area contributed by atoms with Crippen molar-refractivity contribution in [2.24, 2.45) is 0 Å². The maximum absolute atomic E-state index is 13.5. The van der Waals surface area contributed by atoms with E-state index in [9.17, 15) is 18.4 Å². The van der Waals surface area contributed by atoms with Crippen LogP contribution in [0.2, 0.25) is 15.1 Å². The van der Waals surface area contributed by atoms with Gasteiger partial charge < -0.3 is 15.0 Å². The normalized spacial score (nSPS) is 13.9. The number of hydrogen-bond acceptors (Lipinski definition) is 7. The lowest BCUT2D eigenvalue weighted by molar-refractivity contribution is -0.133. The first kappa shape index (κ1) is 33.6. The predicted molar refractivity (Wildman–Crippen MR) is 178 cm³/mol. The first-order valence-corrected chi connectivity index (χ1v) is 16.0. The zero-order valence-electron chi connectivity index (χ0n) is 25.5. The number of likely N-dealkylation sites (tertiary alicyclic amines) is 1. The Labute approximate surface area is 288 Å². The molecule has 1 aliphatic rings. The number of hydrogen-bond donors (Lipinski definition) is 1. The average molecular weight is 718 g/mol. The fraction of sp³-hybridized carbons (Fsp3) is 0.281. The van der Waals surface area contributed by atoms with E-state index in [1.165, 1.54) is 46.0 Å². The molecule has 3 aromatic heterocycles. The van der Waals surface area contributed by atoms with Gasteiger partial charge in [-0.2, -0.15) is 19.0 Å². The monoisotopic (exact) mass is 716 g/mol. The molecule has 250 valence electrons. The Morgan fingerprint density at radius 2 is 1.90 bits per heavy atom. The van der Waals surface area contributed by atoms with Crippen molar-refractivity contribution in [3.05, 3.63) is 93.4 Å². The van der Waals surface area contributed by atoms with Gasteiger partial charge in [0, 0.05) is 54.9 Å². The Bertz CT molecular complexity index is 1960. The molecule has 0 saturated carbocycles. The summed E-state index contributed by atoms with van der Waals surface area (Å²) in [5.74, 6) is -0.957. The van der Waals surface area contributed by atoms with Gasteiger partial charge in [0.25, 0.3) is 5.91 Å². The van der Waals surface area contributed by atoms with Crippen LogP contribution in [0.5, 0.6) is 5.75 Å². The van der Waals surface area contributed by atoms with Crippen LogP contribution in [0.4, 0.5) is 14.5 Å². The minimum Gasteiger partial charge on any atom is -0.434 e. The van der Waals surface area contributed by atoms with Crippen LogP contribution in [-0.2, 0) is 17.9 Å². The summed E-state index contributed by atoms with van der Waals surface area (Å²) >= 11 is 18.5. The molecule has 48 heavy (non-hydrogen) atoms. The molecule has 0 aliphatic carbocycles. The Kier molecular flexibility index (Phi) is 10.1. The molecular weight excluding hydrogens is 689 g/mol. The molecular formula is C32H29Cl3F2N8O3. The third kappa shape index (κ3) is 7.54. The van der Waals surface area contributed by atoms with Crippen LogP contribution < -0.4 is 10.1 Å². The Balaban J connectivity index is 1.19. The van der Waals surface area contributed by atoms with Gasteiger partial charge >= 0.3 is 6.61 Å². The minimum atomic E-state index is -3.12. The van der Waals surface area contributed by atoms with Crippen molar-refractivity contribution >= 4 is 58.0 Å². The van der Waals surface area contributed by atoms with E-state index in [-0.39, 0.29) is 51.8 Å². The molecule has 0 spiro atoms. The van der Waals surface area contributed by atoms with Crippen LogP contribution in [0.25, 0.3) is 16.9 Å². The number of aromatic nitrogens is 5. The highest BCUT2D eigenvalue weighted by atomic mass is 35.5. The maximum Gasteiger partial charge on any atom is 0.387 e. The average Bonchev–Trinajstić information content (AvgIpc) is 3.67. The number of piperidine rings is 1. The summed E-state index contributed by atoms with van der Waals surface area (Å²) in [6.07, 6.45) is 7.53. The highest BCUT2D eigenvalue weighted by Crippen LogP contribution is 2.37. The number of amides is 2. The summed E-state index contributed by atoms with van der Waals surface area (Å²) in [5, 5.41) is 12.7. The lowest BCUT2D eigenvalue weighted by Gasteiger charge is -2.37. The van der Waals surface area contributed by atoms with Gasteiger partial charge in [0.15, 0.2) is 5.65 Å². The lowest BCUT2D eigenvalue weighted by atomic mass is 10.0. The topological polar surface area (TPSA) is 110 Å². The van der Waals surface area contributed by atoms with E-state index in [1.54, 1.807) is 23.2 Å². The number of ether oxygens (including phenoxy) is 1. The first-order chi connectivity index (χ1) is 23.0. The van der Waals surface area contributed by atoms with Gasteiger partial charge in [-0.3, -0.25) is 19.2 Å². The van der Waals surface area contributed by atoms with E-state index in [4.69, 9.17) is 39.5 Å². The fourth-order valence-electron chi connectivity index (χ4n) is 5.71. The number of benzene rings is 2. The standard InChI is InChI=1S/C32H29Cl3F2N8O3/c1-42(16-19-3-5-24(34)25(35)13-19)21-7-11-43(12-8-21)28(46)18-44-17-26(40-31(47)23-15-39-45-10-2-9-38-30(23)45)29(41-44)22-14-20(33)4-6-27(22)48-32(36)37/h2-6,9-10,13-15,17,21,32H,7-8,11-12,16,18H2,1H3,(H,40,47). The number of carbonyl (C=O) groups is 2. The van der Waals surface area contributed by atoms with Crippen molar-refractivity contribution in [2.45, 2.75) is 38.6 Å². The number of anilines is 1. The van der Waals surface area contributed by atoms with Crippen molar-refractivity contribution in [1.82, 2.24) is 34.2 Å². The second kappa shape index (κ2) is 14.4. The van der Waals surface area contributed by atoms with Crippen molar-refractivity contribution in [3.63, 3.8) is 0 Å². The number of carbonyl (C=O) groups excluding carboxylic acids is 2. The third-order valence-corrected chi connectivity index (χ3v) is 9.07. The second-order valence-electron chi connectivity index (χ2n) is 11.3. The molecule has 0 atom stereocenters. The van der Waals surface area contributed by atoms with Crippen LogP contribution in [0.3, 0.4) is 0 Å². The first-order valence-electron chi connectivity index (χ1n) is 14.9. The van der Waals surface area contributed by atoms with E-state index < -0.39 is 12.5 Å². The molecule has 0 unspecified atom stereocenters. The van der Waals surface area contributed by atoms with Gasteiger partial charge in [-0.1, -0.05) is 40.9 Å². The van der Waals surface area contributed by atoms with Crippen LogP contribution >= 0.6 is 34.8 Å². The molecule has 16 heteroatoms. The van der Waals surface area contributed by atoms with E-state index in [0.717, 1.165) is 18.4 Å². The van der Waals surface area contributed by atoms with Crippen LogP contribution in [-0.4, -0.2) is 78.8 Å². The number of nitrogens with one attached hydrogen (secondary N) is 1. The summed E-state index contributed by atoms with van der Waals surface area (Å²) in [5.41, 5.74) is 1.87. The Morgan fingerprint density at radius 3 is 2.65 bits per heavy atom. The highest BCUT2D eigenvalue weighted by Gasteiger charge is 2.27.